The van der Waals surface area contributed by atoms with E-state index in [2.05, 4.69) is 37.4 Å². The number of anilines is 1. The van der Waals surface area contributed by atoms with Gasteiger partial charge in [-0.25, -0.2) is 4.98 Å². The molecule has 1 unspecified atom stereocenters. The predicted molar refractivity (Wildman–Crippen MR) is 80.2 cm³/mol. The van der Waals surface area contributed by atoms with Gasteiger partial charge in [-0.05, 0) is 24.9 Å². The molecule has 8 heteroatoms. The van der Waals surface area contributed by atoms with Crippen molar-refractivity contribution in [3.05, 3.63) is 27.6 Å². The second-order valence-corrected chi connectivity index (χ2v) is 5.84. The molecule has 0 spiro atoms. The van der Waals surface area contributed by atoms with Crippen LogP contribution in [0.15, 0.2) is 12.4 Å². The zero-order valence-electron chi connectivity index (χ0n) is 11.0. The molecule has 0 aromatic carbocycles. The van der Waals surface area contributed by atoms with E-state index < -0.39 is 0 Å². The van der Waals surface area contributed by atoms with Crippen molar-refractivity contribution in [3.63, 3.8) is 0 Å². The first-order valence-corrected chi connectivity index (χ1v) is 7.44. The number of rotatable bonds is 4. The number of aryl methyl sites for hydroxylation is 1. The molecule has 0 aliphatic carbocycles. The summed E-state index contributed by atoms with van der Waals surface area (Å²) in [7, 11) is 0. The maximum atomic E-state index is 5.91. The highest BCUT2D eigenvalue weighted by Gasteiger charge is 2.14. The Labute approximate surface area is 124 Å². The van der Waals surface area contributed by atoms with Crippen molar-refractivity contribution < 1.29 is 0 Å². The van der Waals surface area contributed by atoms with Crippen molar-refractivity contribution in [2.75, 3.05) is 5.32 Å². The summed E-state index contributed by atoms with van der Waals surface area (Å²) in [4.78, 5) is 14.0. The van der Waals surface area contributed by atoms with Gasteiger partial charge in [0, 0.05) is 11.1 Å². The fraction of sp³-hybridized carbons (Fsp3) is 0.333. The molecular formula is C12H13ClN6S. The summed E-state index contributed by atoms with van der Waals surface area (Å²) >= 11 is 7.61. The molecule has 6 nitrogen and oxygen atoms in total. The zero-order valence-corrected chi connectivity index (χ0v) is 12.6. The van der Waals surface area contributed by atoms with Crippen molar-refractivity contribution in [2.24, 2.45) is 0 Å². The van der Waals surface area contributed by atoms with Crippen molar-refractivity contribution in [3.8, 4) is 0 Å². The minimum atomic E-state index is 0.0457. The first kappa shape index (κ1) is 13.3. The van der Waals surface area contributed by atoms with Crippen LogP contribution in [-0.2, 0) is 6.42 Å². The maximum Gasteiger partial charge on any atom is 0.226 e. The maximum absolute atomic E-state index is 5.91. The molecule has 0 bridgehead atoms. The number of hydrogen-bond acceptors (Lipinski definition) is 6. The number of nitrogens with zero attached hydrogens (tertiary/aromatic N) is 4. The molecule has 0 aliphatic rings. The molecule has 3 rings (SSSR count). The number of thiazole rings is 1. The molecule has 0 radical (unpaired) electrons. The molecule has 2 N–H and O–H groups in total. The summed E-state index contributed by atoms with van der Waals surface area (Å²) in [5.41, 5.74) is 0.619. The third kappa shape index (κ3) is 2.46. The van der Waals surface area contributed by atoms with Gasteiger partial charge in [0.05, 0.1) is 17.6 Å². The van der Waals surface area contributed by atoms with Crippen molar-refractivity contribution in [2.45, 2.75) is 26.3 Å². The van der Waals surface area contributed by atoms with E-state index in [9.17, 15) is 0 Å². The van der Waals surface area contributed by atoms with Gasteiger partial charge in [0.1, 0.15) is 10.8 Å². The van der Waals surface area contributed by atoms with Crippen LogP contribution in [0.5, 0.6) is 0 Å². The van der Waals surface area contributed by atoms with E-state index in [4.69, 9.17) is 11.6 Å². The molecule has 0 saturated heterocycles. The van der Waals surface area contributed by atoms with Crippen LogP contribution >= 0.6 is 22.9 Å². The SMILES string of the molecule is CCc1cnc(C(C)Nc2nc(Cl)nc3[nH]ncc23)s1. The Morgan fingerprint density at radius 1 is 1.40 bits per heavy atom. The highest BCUT2D eigenvalue weighted by Crippen LogP contribution is 2.27. The van der Waals surface area contributed by atoms with Crippen LogP contribution in [0, 0.1) is 0 Å². The third-order valence-electron chi connectivity index (χ3n) is 2.93. The lowest BCUT2D eigenvalue weighted by molar-refractivity contribution is 0.861. The van der Waals surface area contributed by atoms with E-state index in [1.54, 1.807) is 17.5 Å². The Morgan fingerprint density at radius 3 is 3.00 bits per heavy atom. The lowest BCUT2D eigenvalue weighted by Crippen LogP contribution is -2.08. The van der Waals surface area contributed by atoms with Crippen LogP contribution in [0.4, 0.5) is 5.82 Å². The smallest absolute Gasteiger partial charge is 0.226 e. The van der Waals surface area contributed by atoms with E-state index in [0.717, 1.165) is 16.8 Å². The van der Waals surface area contributed by atoms with Crippen LogP contribution in [0.1, 0.15) is 29.8 Å². The van der Waals surface area contributed by atoms with Crippen molar-refractivity contribution in [1.82, 2.24) is 25.1 Å². The molecule has 3 heterocycles. The molecule has 0 amide bonds. The predicted octanol–water partition coefficient (Wildman–Crippen LogP) is 3.20. The zero-order chi connectivity index (χ0) is 14.1. The van der Waals surface area contributed by atoms with Gasteiger partial charge in [-0.1, -0.05) is 6.92 Å². The topological polar surface area (TPSA) is 79.4 Å². The number of aromatic amines is 1. The molecular weight excluding hydrogens is 296 g/mol. The molecule has 3 aromatic heterocycles. The Kier molecular flexibility index (Phi) is 3.54. The second-order valence-electron chi connectivity index (χ2n) is 4.36. The number of nitrogens with one attached hydrogen (secondary N) is 2. The molecule has 3 aromatic rings. The van der Waals surface area contributed by atoms with Gasteiger partial charge >= 0.3 is 0 Å². The summed E-state index contributed by atoms with van der Waals surface area (Å²) in [6, 6.07) is 0.0457. The monoisotopic (exact) mass is 308 g/mol. The summed E-state index contributed by atoms with van der Waals surface area (Å²) in [6.07, 6.45) is 4.59. The second kappa shape index (κ2) is 5.34. The fourth-order valence-electron chi connectivity index (χ4n) is 1.87. The first-order chi connectivity index (χ1) is 9.67. The molecule has 0 saturated carbocycles. The van der Waals surface area contributed by atoms with Gasteiger partial charge in [0.2, 0.25) is 5.28 Å². The summed E-state index contributed by atoms with van der Waals surface area (Å²) in [5, 5.41) is 12.1. The van der Waals surface area contributed by atoms with Crippen molar-refractivity contribution in [1.29, 1.82) is 0 Å². The molecule has 20 heavy (non-hydrogen) atoms. The minimum Gasteiger partial charge on any atom is -0.360 e. The van der Waals surface area contributed by atoms with Crippen LogP contribution in [-0.4, -0.2) is 25.1 Å². The van der Waals surface area contributed by atoms with E-state index in [-0.39, 0.29) is 11.3 Å². The van der Waals surface area contributed by atoms with Gasteiger partial charge in [-0.2, -0.15) is 15.1 Å². The van der Waals surface area contributed by atoms with Crippen LogP contribution in [0.25, 0.3) is 11.0 Å². The van der Waals surface area contributed by atoms with Crippen molar-refractivity contribution >= 4 is 39.8 Å². The van der Waals surface area contributed by atoms with Crippen LogP contribution in [0.2, 0.25) is 5.28 Å². The molecule has 1 atom stereocenters. The standard InChI is InChI=1S/C12H13ClN6S/c1-3-7-4-14-11(20-7)6(2)16-9-8-5-15-19-10(8)18-12(13)17-9/h4-6H,3H2,1-2H3,(H2,15,16,17,18,19). The van der Waals surface area contributed by atoms with Gasteiger partial charge in [-0.3, -0.25) is 5.10 Å². The fourth-order valence-corrected chi connectivity index (χ4v) is 2.90. The van der Waals surface area contributed by atoms with E-state index in [1.165, 1.54) is 4.88 Å². The van der Waals surface area contributed by atoms with Gasteiger partial charge in [0.25, 0.3) is 0 Å². The third-order valence-corrected chi connectivity index (χ3v) is 4.42. The highest BCUT2D eigenvalue weighted by atomic mass is 35.5. The number of aromatic nitrogens is 5. The molecule has 104 valence electrons. The van der Waals surface area contributed by atoms with E-state index >= 15 is 0 Å². The highest BCUT2D eigenvalue weighted by molar-refractivity contribution is 7.11. The summed E-state index contributed by atoms with van der Waals surface area (Å²) < 4.78 is 0. The quantitative estimate of drug-likeness (QED) is 0.724. The number of H-pyrrole nitrogens is 1. The number of fused-ring (bicyclic) bond motifs is 1. The Balaban J connectivity index is 1.90. The molecule has 0 aliphatic heterocycles. The molecule has 0 fully saturated rings. The van der Waals surface area contributed by atoms with Gasteiger partial charge < -0.3 is 5.32 Å². The Morgan fingerprint density at radius 2 is 2.25 bits per heavy atom. The normalized spacial score (nSPS) is 12.8. The number of hydrogen-bond donors (Lipinski definition) is 2. The minimum absolute atomic E-state index is 0.0457. The van der Waals surface area contributed by atoms with Gasteiger partial charge in [0.15, 0.2) is 5.65 Å². The average Bonchev–Trinajstić information content (AvgIpc) is 3.06. The summed E-state index contributed by atoms with van der Waals surface area (Å²) in [5.74, 6) is 0.662. The van der Waals surface area contributed by atoms with E-state index in [0.29, 0.717) is 11.5 Å². The Hall–Kier alpha value is -1.73. The Bertz CT molecular complexity index is 736. The average molecular weight is 309 g/mol. The lowest BCUT2D eigenvalue weighted by Gasteiger charge is -2.12. The number of halogens is 1. The largest absolute Gasteiger partial charge is 0.360 e. The van der Waals surface area contributed by atoms with E-state index in [1.807, 2.05) is 13.1 Å². The van der Waals surface area contributed by atoms with Crippen LogP contribution < -0.4 is 5.32 Å². The first-order valence-electron chi connectivity index (χ1n) is 6.25. The summed E-state index contributed by atoms with van der Waals surface area (Å²) in [6.45, 7) is 4.16. The van der Waals surface area contributed by atoms with Crippen LogP contribution in [0.3, 0.4) is 0 Å². The lowest BCUT2D eigenvalue weighted by atomic mass is 10.3. The van der Waals surface area contributed by atoms with Gasteiger partial charge in [-0.15, -0.1) is 11.3 Å².